The number of amides is 1. The Labute approximate surface area is 170 Å². The van der Waals surface area contributed by atoms with Gasteiger partial charge in [0, 0.05) is 54.0 Å². The number of nitrogens with zero attached hydrogens (tertiary/aromatic N) is 4. The molecule has 0 saturated carbocycles. The van der Waals surface area contributed by atoms with Crippen LogP contribution in [-0.2, 0) is 25.8 Å². The third kappa shape index (κ3) is 3.37. The molecule has 0 radical (unpaired) electrons. The zero-order chi connectivity index (χ0) is 19.1. The standard InChI is InChI=1S/C22H28N4OS/c1-25-9-4-5-15(12-25)21-23-11-16-13-26(10-8-19(16)24-21)22(27)18-14-28-20-7-3-2-6-17(18)20/h11,14-15H,2-10,12-13H2,1H3/t15-/m1/s1. The lowest BCUT2D eigenvalue weighted by atomic mass is 9.95. The van der Waals surface area contributed by atoms with Gasteiger partial charge in [0.2, 0.25) is 0 Å². The van der Waals surface area contributed by atoms with Crippen molar-refractivity contribution in [2.24, 2.45) is 0 Å². The lowest BCUT2D eigenvalue weighted by molar-refractivity contribution is 0.0732. The fraction of sp³-hybridized carbons (Fsp3) is 0.591. The number of carbonyl (C=O) groups excluding carboxylic acids is 1. The molecule has 2 aliphatic heterocycles. The number of hydrogen-bond acceptors (Lipinski definition) is 5. The number of carbonyl (C=O) groups is 1. The fourth-order valence-corrected chi connectivity index (χ4v) is 6.04. The van der Waals surface area contributed by atoms with E-state index in [-0.39, 0.29) is 5.91 Å². The van der Waals surface area contributed by atoms with Gasteiger partial charge in [-0.3, -0.25) is 4.79 Å². The molecule has 1 saturated heterocycles. The van der Waals surface area contributed by atoms with E-state index in [1.807, 2.05) is 11.1 Å². The van der Waals surface area contributed by atoms with Crippen molar-refractivity contribution in [2.45, 2.75) is 57.4 Å². The van der Waals surface area contributed by atoms with Gasteiger partial charge in [-0.1, -0.05) is 0 Å². The summed E-state index contributed by atoms with van der Waals surface area (Å²) in [6.45, 7) is 3.62. The molecule has 1 fully saturated rings. The Bertz CT molecular complexity index is 893. The molecule has 0 N–H and O–H groups in total. The Morgan fingerprint density at radius 3 is 2.96 bits per heavy atom. The summed E-state index contributed by atoms with van der Waals surface area (Å²) in [5.41, 5.74) is 4.54. The summed E-state index contributed by atoms with van der Waals surface area (Å²) in [5, 5.41) is 2.09. The quantitative estimate of drug-likeness (QED) is 0.780. The molecule has 3 aliphatic rings. The molecule has 1 atom stereocenters. The van der Waals surface area contributed by atoms with Crippen molar-refractivity contribution in [1.29, 1.82) is 0 Å². The molecule has 0 unspecified atom stereocenters. The topological polar surface area (TPSA) is 49.3 Å². The summed E-state index contributed by atoms with van der Waals surface area (Å²) >= 11 is 1.77. The molecule has 5 rings (SSSR count). The number of aromatic nitrogens is 2. The minimum absolute atomic E-state index is 0.197. The second-order valence-corrected chi connectivity index (χ2v) is 9.50. The van der Waals surface area contributed by atoms with Crippen LogP contribution < -0.4 is 0 Å². The zero-order valence-electron chi connectivity index (χ0n) is 16.6. The van der Waals surface area contributed by atoms with E-state index < -0.39 is 0 Å². The molecule has 1 aliphatic carbocycles. The number of aryl methyl sites for hydroxylation is 1. The van der Waals surface area contributed by atoms with Crippen LogP contribution in [0.5, 0.6) is 0 Å². The molecule has 148 valence electrons. The smallest absolute Gasteiger partial charge is 0.255 e. The maximum atomic E-state index is 13.2. The number of piperidine rings is 1. The van der Waals surface area contributed by atoms with Gasteiger partial charge < -0.3 is 9.80 Å². The molecule has 2 aromatic heterocycles. The number of fused-ring (bicyclic) bond motifs is 2. The van der Waals surface area contributed by atoms with Crippen LogP contribution in [0.15, 0.2) is 11.6 Å². The van der Waals surface area contributed by atoms with Crippen LogP contribution >= 0.6 is 11.3 Å². The molecule has 0 bridgehead atoms. The SMILES string of the molecule is CN1CCC[C@@H](c2ncc3c(n2)CCN(C(=O)c2csc4c2CCCC4)C3)C1. The summed E-state index contributed by atoms with van der Waals surface area (Å²) in [4.78, 5) is 28.6. The highest BCUT2D eigenvalue weighted by Gasteiger charge is 2.28. The van der Waals surface area contributed by atoms with Gasteiger partial charge in [0.05, 0.1) is 11.3 Å². The Morgan fingerprint density at radius 1 is 1.18 bits per heavy atom. The second kappa shape index (κ2) is 7.56. The number of hydrogen-bond donors (Lipinski definition) is 0. The van der Waals surface area contributed by atoms with Crippen LogP contribution in [0.1, 0.15) is 69.5 Å². The number of likely N-dealkylation sites (tertiary alicyclic amines) is 1. The minimum Gasteiger partial charge on any atom is -0.334 e. The lowest BCUT2D eigenvalue weighted by Crippen LogP contribution is -2.37. The van der Waals surface area contributed by atoms with Crippen molar-refractivity contribution in [3.63, 3.8) is 0 Å². The maximum Gasteiger partial charge on any atom is 0.255 e. The van der Waals surface area contributed by atoms with Gasteiger partial charge in [-0.2, -0.15) is 0 Å². The van der Waals surface area contributed by atoms with Gasteiger partial charge in [-0.05, 0) is 57.7 Å². The van der Waals surface area contributed by atoms with E-state index in [1.165, 1.54) is 42.7 Å². The van der Waals surface area contributed by atoms with E-state index in [1.54, 1.807) is 11.3 Å². The maximum absolute atomic E-state index is 13.2. The number of likely N-dealkylation sites (N-methyl/N-ethyl adjacent to an activating group) is 1. The first kappa shape index (κ1) is 18.3. The van der Waals surface area contributed by atoms with Gasteiger partial charge in [-0.25, -0.2) is 9.97 Å². The minimum atomic E-state index is 0.197. The molecule has 5 nitrogen and oxygen atoms in total. The average molecular weight is 397 g/mol. The van der Waals surface area contributed by atoms with Crippen molar-refractivity contribution < 1.29 is 4.79 Å². The molecule has 28 heavy (non-hydrogen) atoms. The molecule has 2 aromatic rings. The van der Waals surface area contributed by atoms with Gasteiger partial charge in [0.1, 0.15) is 5.82 Å². The van der Waals surface area contributed by atoms with Crippen LogP contribution in [-0.4, -0.2) is 52.4 Å². The first-order valence-corrected chi connectivity index (χ1v) is 11.5. The van der Waals surface area contributed by atoms with Crippen molar-refractivity contribution in [3.05, 3.63) is 44.7 Å². The Morgan fingerprint density at radius 2 is 2.07 bits per heavy atom. The fourth-order valence-electron chi connectivity index (χ4n) is 4.92. The van der Waals surface area contributed by atoms with Gasteiger partial charge in [0.25, 0.3) is 5.91 Å². The van der Waals surface area contributed by atoms with Crippen LogP contribution in [0, 0.1) is 0 Å². The highest BCUT2D eigenvalue weighted by molar-refractivity contribution is 7.10. The third-order valence-electron chi connectivity index (χ3n) is 6.52. The largest absolute Gasteiger partial charge is 0.334 e. The highest BCUT2D eigenvalue weighted by Crippen LogP contribution is 2.32. The van der Waals surface area contributed by atoms with Crippen LogP contribution in [0.2, 0.25) is 0 Å². The first-order valence-electron chi connectivity index (χ1n) is 10.6. The Hall–Kier alpha value is -1.79. The van der Waals surface area contributed by atoms with Crippen molar-refractivity contribution >= 4 is 17.2 Å². The zero-order valence-corrected chi connectivity index (χ0v) is 17.4. The predicted molar refractivity (Wildman–Crippen MR) is 111 cm³/mol. The van der Waals surface area contributed by atoms with E-state index in [9.17, 15) is 4.79 Å². The molecular weight excluding hydrogens is 368 g/mol. The lowest BCUT2D eigenvalue weighted by Gasteiger charge is -2.31. The van der Waals surface area contributed by atoms with E-state index in [4.69, 9.17) is 9.97 Å². The second-order valence-electron chi connectivity index (χ2n) is 8.54. The van der Waals surface area contributed by atoms with Gasteiger partial charge >= 0.3 is 0 Å². The van der Waals surface area contributed by atoms with Gasteiger partial charge in [0.15, 0.2) is 0 Å². The monoisotopic (exact) mass is 396 g/mol. The molecule has 6 heteroatoms. The van der Waals surface area contributed by atoms with Crippen LogP contribution in [0.25, 0.3) is 0 Å². The van der Waals surface area contributed by atoms with Crippen LogP contribution in [0.4, 0.5) is 0 Å². The summed E-state index contributed by atoms with van der Waals surface area (Å²) in [5.74, 6) is 1.64. The summed E-state index contributed by atoms with van der Waals surface area (Å²) in [6.07, 6.45) is 9.89. The average Bonchev–Trinajstić information content (AvgIpc) is 3.16. The third-order valence-corrected chi connectivity index (χ3v) is 7.61. The molecule has 0 spiro atoms. The summed E-state index contributed by atoms with van der Waals surface area (Å²) in [7, 11) is 2.18. The summed E-state index contributed by atoms with van der Waals surface area (Å²) in [6, 6.07) is 0. The van der Waals surface area contributed by atoms with E-state index in [0.29, 0.717) is 12.5 Å². The number of rotatable bonds is 2. The van der Waals surface area contributed by atoms with E-state index >= 15 is 0 Å². The predicted octanol–water partition coefficient (Wildman–Crippen LogP) is 3.42. The number of thiophene rings is 1. The van der Waals surface area contributed by atoms with Crippen LogP contribution in [0.3, 0.4) is 0 Å². The van der Waals surface area contributed by atoms with E-state index in [0.717, 1.165) is 55.0 Å². The van der Waals surface area contributed by atoms with Crippen molar-refractivity contribution in [1.82, 2.24) is 19.8 Å². The Balaban J connectivity index is 1.33. The summed E-state index contributed by atoms with van der Waals surface area (Å²) < 4.78 is 0. The van der Waals surface area contributed by atoms with Crippen molar-refractivity contribution in [2.75, 3.05) is 26.7 Å². The molecular formula is C22H28N4OS. The molecule has 0 aromatic carbocycles. The molecule has 4 heterocycles. The molecule has 1 amide bonds. The Kier molecular flexibility index (Phi) is 4.93. The first-order chi connectivity index (χ1) is 13.7. The van der Waals surface area contributed by atoms with E-state index in [2.05, 4.69) is 17.3 Å². The van der Waals surface area contributed by atoms with Gasteiger partial charge in [-0.15, -0.1) is 11.3 Å². The van der Waals surface area contributed by atoms with Crippen molar-refractivity contribution in [3.8, 4) is 0 Å². The normalized spacial score (nSPS) is 22.6. The highest BCUT2D eigenvalue weighted by atomic mass is 32.1.